The van der Waals surface area contributed by atoms with Crippen molar-refractivity contribution in [1.82, 2.24) is 20.2 Å². The second-order valence-corrected chi connectivity index (χ2v) is 11.6. The smallest absolute Gasteiger partial charge is 0.262 e. The SMILES string of the molecule is O=C(CSc1nc2cc(C(=O)NCc3cccc(Cl)c3)ccc2c(=O)n1C1CCCCC1)NC1CCCC1. The van der Waals surface area contributed by atoms with Crippen molar-refractivity contribution in [3.8, 4) is 0 Å². The summed E-state index contributed by atoms with van der Waals surface area (Å²) in [5.41, 5.74) is 1.69. The number of hydrogen-bond donors (Lipinski definition) is 2. The molecule has 1 aromatic heterocycles. The first kappa shape index (κ1) is 26.8. The maximum Gasteiger partial charge on any atom is 0.262 e. The van der Waals surface area contributed by atoms with Crippen LogP contribution in [0.2, 0.25) is 5.02 Å². The van der Waals surface area contributed by atoms with E-state index in [0.717, 1.165) is 56.9 Å². The largest absolute Gasteiger partial charge is 0.353 e. The van der Waals surface area contributed by atoms with Gasteiger partial charge in [-0.25, -0.2) is 4.98 Å². The van der Waals surface area contributed by atoms with Crippen LogP contribution in [0.5, 0.6) is 0 Å². The van der Waals surface area contributed by atoms with E-state index in [9.17, 15) is 14.4 Å². The summed E-state index contributed by atoms with van der Waals surface area (Å²) in [5, 5.41) is 7.68. The lowest BCUT2D eigenvalue weighted by Gasteiger charge is -2.26. The summed E-state index contributed by atoms with van der Waals surface area (Å²) in [7, 11) is 0. The van der Waals surface area contributed by atoms with Gasteiger partial charge in [-0.1, -0.05) is 67.6 Å². The Morgan fingerprint density at radius 3 is 2.53 bits per heavy atom. The van der Waals surface area contributed by atoms with Crippen LogP contribution in [0, 0.1) is 0 Å². The molecule has 0 bridgehead atoms. The molecule has 0 saturated heterocycles. The second kappa shape index (κ2) is 12.3. The van der Waals surface area contributed by atoms with Gasteiger partial charge in [0.05, 0.1) is 16.7 Å². The van der Waals surface area contributed by atoms with Gasteiger partial charge in [0, 0.05) is 29.2 Å². The van der Waals surface area contributed by atoms with Gasteiger partial charge in [0.1, 0.15) is 0 Å². The molecular weight excluding hydrogens is 520 g/mol. The summed E-state index contributed by atoms with van der Waals surface area (Å²) in [4.78, 5) is 44.1. The molecule has 3 aromatic rings. The Morgan fingerprint density at radius 1 is 1.00 bits per heavy atom. The minimum absolute atomic E-state index is 0.0272. The summed E-state index contributed by atoms with van der Waals surface area (Å²) in [6.07, 6.45) is 9.55. The lowest BCUT2D eigenvalue weighted by molar-refractivity contribution is -0.119. The lowest BCUT2D eigenvalue weighted by atomic mass is 9.95. The number of carbonyl (C=O) groups excluding carboxylic acids is 2. The van der Waals surface area contributed by atoms with Crippen molar-refractivity contribution in [2.75, 3.05) is 5.75 Å². The molecule has 2 aliphatic rings. The minimum Gasteiger partial charge on any atom is -0.353 e. The average molecular weight is 553 g/mol. The molecule has 38 heavy (non-hydrogen) atoms. The van der Waals surface area contributed by atoms with Crippen LogP contribution in [0.1, 0.15) is 79.8 Å². The molecule has 0 spiro atoms. The first-order chi connectivity index (χ1) is 18.5. The maximum absolute atomic E-state index is 13.7. The van der Waals surface area contributed by atoms with E-state index in [1.807, 2.05) is 18.2 Å². The number of fused-ring (bicyclic) bond motifs is 1. The normalized spacial score (nSPS) is 16.6. The number of benzene rings is 2. The van der Waals surface area contributed by atoms with E-state index in [2.05, 4.69) is 10.6 Å². The van der Waals surface area contributed by atoms with Crippen molar-refractivity contribution < 1.29 is 9.59 Å². The topological polar surface area (TPSA) is 93.1 Å². The molecule has 2 fully saturated rings. The molecule has 2 saturated carbocycles. The molecule has 1 heterocycles. The van der Waals surface area contributed by atoms with Gasteiger partial charge in [-0.3, -0.25) is 19.0 Å². The molecule has 2 aromatic carbocycles. The van der Waals surface area contributed by atoms with Crippen LogP contribution in [0.4, 0.5) is 0 Å². The highest BCUT2D eigenvalue weighted by atomic mass is 35.5. The van der Waals surface area contributed by atoms with Crippen LogP contribution in [-0.2, 0) is 11.3 Å². The summed E-state index contributed by atoms with van der Waals surface area (Å²) in [6.45, 7) is 0.339. The second-order valence-electron chi connectivity index (χ2n) is 10.2. The molecule has 7 nitrogen and oxygen atoms in total. The number of carbonyl (C=O) groups is 2. The highest BCUT2D eigenvalue weighted by molar-refractivity contribution is 7.99. The molecule has 5 rings (SSSR count). The molecule has 2 N–H and O–H groups in total. The van der Waals surface area contributed by atoms with Crippen LogP contribution in [0.3, 0.4) is 0 Å². The summed E-state index contributed by atoms with van der Waals surface area (Å²) in [5.74, 6) is -0.0723. The van der Waals surface area contributed by atoms with Crippen molar-refractivity contribution in [1.29, 1.82) is 0 Å². The Morgan fingerprint density at radius 2 is 1.76 bits per heavy atom. The first-order valence-corrected chi connectivity index (χ1v) is 14.9. The van der Waals surface area contributed by atoms with Gasteiger partial charge in [0.15, 0.2) is 5.16 Å². The van der Waals surface area contributed by atoms with Crippen LogP contribution in [-0.4, -0.2) is 33.2 Å². The number of thioether (sulfide) groups is 1. The maximum atomic E-state index is 13.7. The molecule has 2 amide bonds. The molecule has 200 valence electrons. The first-order valence-electron chi connectivity index (χ1n) is 13.5. The van der Waals surface area contributed by atoms with Gasteiger partial charge < -0.3 is 10.6 Å². The number of nitrogens with one attached hydrogen (secondary N) is 2. The Kier molecular flexibility index (Phi) is 8.69. The Labute approximate surface area is 231 Å². The summed E-state index contributed by atoms with van der Waals surface area (Å²) in [6, 6.07) is 12.7. The van der Waals surface area contributed by atoms with Gasteiger partial charge in [-0.2, -0.15) is 0 Å². The van der Waals surface area contributed by atoms with E-state index in [4.69, 9.17) is 16.6 Å². The summed E-state index contributed by atoms with van der Waals surface area (Å²) >= 11 is 7.36. The van der Waals surface area contributed by atoms with Crippen molar-refractivity contribution >= 4 is 46.1 Å². The fourth-order valence-corrected chi connectivity index (χ4v) is 6.57. The van der Waals surface area contributed by atoms with E-state index in [1.54, 1.807) is 28.8 Å². The zero-order valence-electron chi connectivity index (χ0n) is 21.4. The zero-order chi connectivity index (χ0) is 26.5. The lowest BCUT2D eigenvalue weighted by Crippen LogP contribution is -2.34. The Hall–Kier alpha value is -2.84. The molecular formula is C29H33ClN4O3S. The standard InChI is InChI=1S/C29H33ClN4O3S/c30-21-8-6-7-19(15-21)17-31-27(36)20-13-14-24-25(16-20)33-29(34(28(24)37)23-11-2-1-3-12-23)38-18-26(35)32-22-9-4-5-10-22/h6-8,13-16,22-23H,1-5,9-12,17-18H2,(H,31,36)(H,32,35). The van der Waals surface area contributed by atoms with Crippen molar-refractivity contribution in [3.05, 3.63) is 69.0 Å². The number of nitrogens with zero attached hydrogens (tertiary/aromatic N) is 2. The highest BCUT2D eigenvalue weighted by Crippen LogP contribution is 2.31. The molecule has 0 unspecified atom stereocenters. The number of rotatable bonds is 8. The van der Waals surface area contributed by atoms with Crippen molar-refractivity contribution in [3.63, 3.8) is 0 Å². The third kappa shape index (κ3) is 6.41. The Bertz CT molecular complexity index is 1380. The molecule has 0 aliphatic heterocycles. The number of aromatic nitrogens is 2. The van der Waals surface area contributed by atoms with E-state index in [0.29, 0.717) is 33.2 Å². The zero-order valence-corrected chi connectivity index (χ0v) is 23.0. The van der Waals surface area contributed by atoms with Gasteiger partial charge in [0.2, 0.25) is 5.91 Å². The molecule has 0 radical (unpaired) electrons. The van der Waals surface area contributed by atoms with E-state index < -0.39 is 0 Å². The van der Waals surface area contributed by atoms with Crippen LogP contribution < -0.4 is 16.2 Å². The van der Waals surface area contributed by atoms with E-state index in [1.165, 1.54) is 18.2 Å². The van der Waals surface area contributed by atoms with E-state index in [-0.39, 0.29) is 35.2 Å². The Balaban J connectivity index is 1.39. The third-order valence-electron chi connectivity index (χ3n) is 7.47. The number of halogens is 1. The molecule has 0 atom stereocenters. The molecule has 2 aliphatic carbocycles. The fourth-order valence-electron chi connectivity index (χ4n) is 5.48. The average Bonchev–Trinajstić information content (AvgIpc) is 3.44. The van der Waals surface area contributed by atoms with Crippen LogP contribution >= 0.6 is 23.4 Å². The predicted molar refractivity (Wildman–Crippen MR) is 152 cm³/mol. The van der Waals surface area contributed by atoms with Gasteiger partial charge in [-0.15, -0.1) is 0 Å². The number of amides is 2. The predicted octanol–water partition coefficient (Wildman–Crippen LogP) is 5.64. The van der Waals surface area contributed by atoms with Crippen LogP contribution in [0.25, 0.3) is 10.9 Å². The molecule has 9 heteroatoms. The monoisotopic (exact) mass is 552 g/mol. The summed E-state index contributed by atoms with van der Waals surface area (Å²) < 4.78 is 1.80. The van der Waals surface area contributed by atoms with Crippen molar-refractivity contribution in [2.24, 2.45) is 0 Å². The van der Waals surface area contributed by atoms with Gasteiger partial charge >= 0.3 is 0 Å². The van der Waals surface area contributed by atoms with Gasteiger partial charge in [-0.05, 0) is 61.6 Å². The number of hydrogen-bond acceptors (Lipinski definition) is 5. The third-order valence-corrected chi connectivity index (χ3v) is 8.65. The van der Waals surface area contributed by atoms with Crippen molar-refractivity contribution in [2.45, 2.75) is 81.6 Å². The minimum atomic E-state index is -0.254. The van der Waals surface area contributed by atoms with Crippen LogP contribution in [0.15, 0.2) is 52.4 Å². The quantitative estimate of drug-likeness (QED) is 0.279. The van der Waals surface area contributed by atoms with Gasteiger partial charge in [0.25, 0.3) is 11.5 Å². The highest BCUT2D eigenvalue weighted by Gasteiger charge is 2.24. The van der Waals surface area contributed by atoms with E-state index >= 15 is 0 Å². The fraction of sp³-hybridized carbons (Fsp3) is 0.448.